The van der Waals surface area contributed by atoms with Gasteiger partial charge in [-0.25, -0.2) is 8.42 Å². The molecule has 0 amide bonds. The van der Waals surface area contributed by atoms with Gasteiger partial charge in [0.1, 0.15) is 3.70 Å². The summed E-state index contributed by atoms with van der Waals surface area (Å²) in [4.78, 5) is 0.321. The first-order chi connectivity index (χ1) is 9.93. The molecule has 0 fully saturated rings. The van der Waals surface area contributed by atoms with E-state index >= 15 is 0 Å². The van der Waals surface area contributed by atoms with Crippen molar-refractivity contribution < 1.29 is 8.42 Å². The van der Waals surface area contributed by atoms with E-state index in [1.807, 2.05) is 24.3 Å². The van der Waals surface area contributed by atoms with Gasteiger partial charge in [-0.05, 0) is 58.0 Å². The molecule has 2 aromatic carbocycles. The Kier molecular flexibility index (Phi) is 3.66. The molecule has 0 unspecified atom stereocenters. The maximum Gasteiger partial charge on any atom is 0.175 e. The van der Waals surface area contributed by atoms with Crippen molar-refractivity contribution in [3.8, 4) is 11.1 Å². The topological polar surface area (TPSA) is 59.9 Å². The molecule has 6 heteroatoms. The highest BCUT2D eigenvalue weighted by molar-refractivity contribution is 14.1. The van der Waals surface area contributed by atoms with Crippen molar-refractivity contribution in [2.75, 3.05) is 6.26 Å². The van der Waals surface area contributed by atoms with Crippen LogP contribution in [0.1, 0.15) is 0 Å². The quantitative estimate of drug-likeness (QED) is 0.609. The third-order valence-electron chi connectivity index (χ3n) is 3.17. The third-order valence-corrected chi connectivity index (χ3v) is 4.83. The second kappa shape index (κ2) is 5.34. The molecule has 0 atom stereocenters. The predicted molar refractivity (Wildman–Crippen MR) is 90.8 cm³/mol. The van der Waals surface area contributed by atoms with E-state index in [1.165, 1.54) is 6.26 Å². The Morgan fingerprint density at radius 2 is 1.57 bits per heavy atom. The molecule has 1 heterocycles. The minimum absolute atomic E-state index is 0.321. The van der Waals surface area contributed by atoms with Crippen LogP contribution in [0.2, 0.25) is 0 Å². The SMILES string of the molecule is CS(=O)(=O)c1ccc(-c2ccc3cc(I)nnc3c2)cc1. The van der Waals surface area contributed by atoms with Crippen molar-refractivity contribution >= 4 is 43.3 Å². The number of rotatable bonds is 2. The molecule has 106 valence electrons. The van der Waals surface area contributed by atoms with E-state index < -0.39 is 9.84 Å². The lowest BCUT2D eigenvalue weighted by Crippen LogP contribution is -1.96. The van der Waals surface area contributed by atoms with E-state index in [-0.39, 0.29) is 0 Å². The van der Waals surface area contributed by atoms with Gasteiger partial charge in [0, 0.05) is 11.6 Å². The molecular weight excluding hydrogens is 399 g/mol. The fourth-order valence-electron chi connectivity index (χ4n) is 2.09. The van der Waals surface area contributed by atoms with Gasteiger partial charge in [-0.1, -0.05) is 24.3 Å². The highest BCUT2D eigenvalue weighted by Crippen LogP contribution is 2.25. The zero-order valence-corrected chi connectivity index (χ0v) is 14.1. The van der Waals surface area contributed by atoms with Crippen molar-refractivity contribution in [1.29, 1.82) is 0 Å². The minimum atomic E-state index is -3.16. The Hall–Kier alpha value is -1.54. The Morgan fingerprint density at radius 3 is 2.24 bits per heavy atom. The maximum atomic E-state index is 11.5. The molecule has 21 heavy (non-hydrogen) atoms. The van der Waals surface area contributed by atoms with Gasteiger partial charge >= 0.3 is 0 Å². The zero-order chi connectivity index (χ0) is 15.0. The van der Waals surface area contributed by atoms with Crippen molar-refractivity contribution in [1.82, 2.24) is 10.2 Å². The van der Waals surface area contributed by atoms with Crippen molar-refractivity contribution in [2.45, 2.75) is 4.90 Å². The lowest BCUT2D eigenvalue weighted by Gasteiger charge is -2.05. The molecule has 0 radical (unpaired) electrons. The number of nitrogens with zero attached hydrogens (tertiary/aromatic N) is 2. The van der Waals surface area contributed by atoms with E-state index in [0.717, 1.165) is 25.7 Å². The summed E-state index contributed by atoms with van der Waals surface area (Å²) in [6.45, 7) is 0. The maximum absolute atomic E-state index is 11.5. The van der Waals surface area contributed by atoms with E-state index in [9.17, 15) is 8.42 Å². The van der Waals surface area contributed by atoms with E-state index in [2.05, 4.69) is 32.8 Å². The number of hydrogen-bond acceptors (Lipinski definition) is 4. The normalized spacial score (nSPS) is 11.7. The van der Waals surface area contributed by atoms with Gasteiger partial charge in [-0.2, -0.15) is 0 Å². The summed E-state index contributed by atoms with van der Waals surface area (Å²) in [7, 11) is -3.16. The first-order valence-electron chi connectivity index (χ1n) is 6.17. The number of benzene rings is 2. The monoisotopic (exact) mass is 410 g/mol. The molecule has 3 rings (SSSR count). The Bertz CT molecular complexity index is 922. The summed E-state index contributed by atoms with van der Waals surface area (Å²) < 4.78 is 23.8. The molecule has 1 aromatic heterocycles. The highest BCUT2D eigenvalue weighted by Gasteiger charge is 2.07. The van der Waals surface area contributed by atoms with Crippen LogP contribution in [0, 0.1) is 3.70 Å². The zero-order valence-electron chi connectivity index (χ0n) is 11.1. The minimum Gasteiger partial charge on any atom is -0.224 e. The van der Waals surface area contributed by atoms with Crippen LogP contribution in [0.15, 0.2) is 53.4 Å². The lowest BCUT2D eigenvalue weighted by molar-refractivity contribution is 0.602. The Morgan fingerprint density at radius 1 is 0.905 bits per heavy atom. The molecule has 0 N–H and O–H groups in total. The summed E-state index contributed by atoms with van der Waals surface area (Å²) in [5, 5.41) is 9.25. The van der Waals surface area contributed by atoms with Crippen LogP contribution in [-0.4, -0.2) is 24.9 Å². The number of fused-ring (bicyclic) bond motifs is 1. The van der Waals surface area contributed by atoms with Crippen LogP contribution in [0.4, 0.5) is 0 Å². The predicted octanol–water partition coefficient (Wildman–Crippen LogP) is 3.30. The van der Waals surface area contributed by atoms with E-state index in [4.69, 9.17) is 0 Å². The van der Waals surface area contributed by atoms with Crippen LogP contribution < -0.4 is 0 Å². The van der Waals surface area contributed by atoms with Gasteiger partial charge in [0.2, 0.25) is 0 Å². The molecular formula is C15H11IN2O2S. The number of sulfone groups is 1. The van der Waals surface area contributed by atoms with Crippen LogP contribution >= 0.6 is 22.6 Å². The van der Waals surface area contributed by atoms with Gasteiger partial charge in [0.25, 0.3) is 0 Å². The molecule has 0 aliphatic carbocycles. The van der Waals surface area contributed by atoms with Crippen LogP contribution in [0.5, 0.6) is 0 Å². The lowest BCUT2D eigenvalue weighted by atomic mass is 10.0. The fourth-order valence-corrected chi connectivity index (χ4v) is 3.16. The van der Waals surface area contributed by atoms with E-state index in [0.29, 0.717) is 4.90 Å². The van der Waals surface area contributed by atoms with Crippen LogP contribution in [0.3, 0.4) is 0 Å². The molecule has 0 aliphatic rings. The summed E-state index contributed by atoms with van der Waals surface area (Å²) >= 11 is 2.13. The van der Waals surface area contributed by atoms with E-state index in [1.54, 1.807) is 24.3 Å². The van der Waals surface area contributed by atoms with Gasteiger partial charge in [0.05, 0.1) is 10.4 Å². The molecule has 0 spiro atoms. The Balaban J connectivity index is 2.06. The number of hydrogen-bond donors (Lipinski definition) is 0. The molecule has 0 bridgehead atoms. The number of aromatic nitrogens is 2. The van der Waals surface area contributed by atoms with Gasteiger partial charge < -0.3 is 0 Å². The van der Waals surface area contributed by atoms with Gasteiger partial charge in [0.15, 0.2) is 9.84 Å². The second-order valence-corrected chi connectivity index (χ2v) is 7.86. The standard InChI is InChI=1S/C15H11IN2O2S/c1-21(19,20)13-6-4-10(5-7-13)11-2-3-12-9-15(16)18-17-14(12)8-11/h2-9H,1H3. The van der Waals surface area contributed by atoms with Crippen LogP contribution in [0.25, 0.3) is 22.0 Å². The smallest absolute Gasteiger partial charge is 0.175 e. The van der Waals surface area contributed by atoms with Crippen molar-refractivity contribution in [2.24, 2.45) is 0 Å². The van der Waals surface area contributed by atoms with Gasteiger partial charge in [-0.15, -0.1) is 10.2 Å². The summed E-state index contributed by atoms with van der Waals surface area (Å²) in [5.74, 6) is 0. The molecule has 0 aliphatic heterocycles. The second-order valence-electron chi connectivity index (χ2n) is 4.74. The highest BCUT2D eigenvalue weighted by atomic mass is 127. The third kappa shape index (κ3) is 3.06. The van der Waals surface area contributed by atoms with Crippen molar-refractivity contribution in [3.63, 3.8) is 0 Å². The van der Waals surface area contributed by atoms with Gasteiger partial charge in [-0.3, -0.25) is 0 Å². The summed E-state index contributed by atoms with van der Waals surface area (Å²) in [6.07, 6.45) is 1.20. The molecule has 4 nitrogen and oxygen atoms in total. The van der Waals surface area contributed by atoms with Crippen LogP contribution in [-0.2, 0) is 9.84 Å². The first-order valence-corrected chi connectivity index (χ1v) is 9.14. The first kappa shape index (κ1) is 14.4. The summed E-state index contributed by atoms with van der Waals surface area (Å²) in [5.41, 5.74) is 2.75. The fraction of sp³-hybridized carbons (Fsp3) is 0.0667. The molecule has 0 saturated carbocycles. The Labute approximate surface area is 136 Å². The largest absolute Gasteiger partial charge is 0.224 e. The average molecular weight is 410 g/mol. The summed E-state index contributed by atoms with van der Waals surface area (Å²) in [6, 6.07) is 14.8. The molecule has 0 saturated heterocycles. The molecule has 3 aromatic rings. The average Bonchev–Trinajstić information content (AvgIpc) is 2.46. The number of halogens is 1. The van der Waals surface area contributed by atoms with Crippen molar-refractivity contribution in [3.05, 3.63) is 52.2 Å².